The number of rotatable bonds is 2. The van der Waals surface area contributed by atoms with Crippen LogP contribution >= 0.6 is 15.9 Å². The first-order valence-electron chi connectivity index (χ1n) is 4.69. The second-order valence-corrected chi connectivity index (χ2v) is 4.55. The van der Waals surface area contributed by atoms with Crippen LogP contribution < -0.4 is 5.73 Å². The molecule has 2 N–H and O–H groups in total. The van der Waals surface area contributed by atoms with Gasteiger partial charge in [-0.3, -0.25) is 0 Å². The average molecular weight is 272 g/mol. The summed E-state index contributed by atoms with van der Waals surface area (Å²) in [6.07, 6.45) is 0.661. The van der Waals surface area contributed by atoms with E-state index in [1.807, 2.05) is 13.0 Å². The molecule has 0 spiro atoms. The number of halogens is 2. The zero-order chi connectivity index (χ0) is 11.0. The molecule has 1 atom stereocenters. The summed E-state index contributed by atoms with van der Waals surface area (Å²) in [6.45, 7) is 1.91. The molecular formula is C11H11BrFNO. The van der Waals surface area contributed by atoms with E-state index in [4.69, 9.17) is 10.2 Å². The summed E-state index contributed by atoms with van der Waals surface area (Å²) in [5.41, 5.74) is 6.22. The molecule has 2 nitrogen and oxygen atoms in total. The van der Waals surface area contributed by atoms with E-state index in [2.05, 4.69) is 15.9 Å². The lowest BCUT2D eigenvalue weighted by molar-refractivity contribution is 0.522. The van der Waals surface area contributed by atoms with Crippen molar-refractivity contribution in [2.75, 3.05) is 0 Å². The van der Waals surface area contributed by atoms with Crippen LogP contribution in [0.15, 0.2) is 27.1 Å². The molecule has 1 aromatic heterocycles. The standard InChI is InChI=1S/C11H11BrFNO/c1-6(14)2-8-3-7-4-9(12)10(13)5-11(7)15-8/h3-6H,2,14H2,1H3. The van der Waals surface area contributed by atoms with Gasteiger partial charge in [0, 0.05) is 23.9 Å². The van der Waals surface area contributed by atoms with Gasteiger partial charge in [0.2, 0.25) is 0 Å². The van der Waals surface area contributed by atoms with Crippen LogP contribution in [0.2, 0.25) is 0 Å². The van der Waals surface area contributed by atoms with Gasteiger partial charge in [-0.25, -0.2) is 4.39 Å². The van der Waals surface area contributed by atoms with Crippen molar-refractivity contribution in [1.29, 1.82) is 0 Å². The Morgan fingerprint density at radius 1 is 1.47 bits per heavy atom. The number of hydrogen-bond acceptors (Lipinski definition) is 2. The van der Waals surface area contributed by atoms with Crippen molar-refractivity contribution in [3.63, 3.8) is 0 Å². The van der Waals surface area contributed by atoms with E-state index in [0.717, 1.165) is 11.1 Å². The zero-order valence-electron chi connectivity index (χ0n) is 8.26. The van der Waals surface area contributed by atoms with E-state index in [-0.39, 0.29) is 11.9 Å². The highest BCUT2D eigenvalue weighted by molar-refractivity contribution is 9.10. The maximum Gasteiger partial charge on any atom is 0.141 e. The minimum atomic E-state index is -0.316. The van der Waals surface area contributed by atoms with Crippen LogP contribution in [0.5, 0.6) is 0 Å². The van der Waals surface area contributed by atoms with Crippen molar-refractivity contribution in [2.45, 2.75) is 19.4 Å². The second-order valence-electron chi connectivity index (χ2n) is 3.70. The van der Waals surface area contributed by atoms with Crippen LogP contribution in [0.1, 0.15) is 12.7 Å². The van der Waals surface area contributed by atoms with Crippen LogP contribution in [0.4, 0.5) is 4.39 Å². The van der Waals surface area contributed by atoms with Crippen LogP contribution in [0, 0.1) is 5.82 Å². The summed E-state index contributed by atoms with van der Waals surface area (Å²) in [4.78, 5) is 0. The second kappa shape index (κ2) is 3.94. The number of benzene rings is 1. The van der Waals surface area contributed by atoms with Crippen molar-refractivity contribution in [3.8, 4) is 0 Å². The van der Waals surface area contributed by atoms with Crippen LogP contribution in [-0.2, 0) is 6.42 Å². The van der Waals surface area contributed by atoms with Gasteiger partial charge < -0.3 is 10.2 Å². The highest BCUT2D eigenvalue weighted by Crippen LogP contribution is 2.26. The highest BCUT2D eigenvalue weighted by atomic mass is 79.9. The summed E-state index contributed by atoms with van der Waals surface area (Å²) in [5, 5.41) is 0.888. The largest absolute Gasteiger partial charge is 0.461 e. The molecule has 2 rings (SSSR count). The van der Waals surface area contributed by atoms with Crippen molar-refractivity contribution in [3.05, 3.63) is 34.2 Å². The normalized spacial score (nSPS) is 13.3. The molecule has 4 heteroatoms. The topological polar surface area (TPSA) is 39.2 Å². The smallest absolute Gasteiger partial charge is 0.141 e. The molecule has 0 aliphatic heterocycles. The molecule has 80 valence electrons. The maximum absolute atomic E-state index is 13.2. The Morgan fingerprint density at radius 2 is 2.20 bits per heavy atom. The lowest BCUT2D eigenvalue weighted by Crippen LogP contribution is -2.17. The highest BCUT2D eigenvalue weighted by Gasteiger charge is 2.09. The van der Waals surface area contributed by atoms with E-state index >= 15 is 0 Å². The lowest BCUT2D eigenvalue weighted by Gasteiger charge is -1.99. The fourth-order valence-electron chi connectivity index (χ4n) is 1.51. The molecule has 0 fully saturated rings. The van der Waals surface area contributed by atoms with Gasteiger partial charge in [-0.05, 0) is 35.0 Å². The number of nitrogens with two attached hydrogens (primary N) is 1. The summed E-state index contributed by atoms with van der Waals surface area (Å²) < 4.78 is 19.1. The number of fused-ring (bicyclic) bond motifs is 1. The van der Waals surface area contributed by atoms with E-state index in [1.165, 1.54) is 6.07 Å². The minimum absolute atomic E-state index is 0.0406. The minimum Gasteiger partial charge on any atom is -0.461 e. The average Bonchev–Trinajstić information content (AvgIpc) is 2.46. The monoisotopic (exact) mass is 271 g/mol. The van der Waals surface area contributed by atoms with Crippen molar-refractivity contribution < 1.29 is 8.81 Å². The Balaban J connectivity index is 2.47. The Bertz CT molecular complexity index is 454. The predicted octanol–water partition coefficient (Wildman–Crippen LogP) is 3.22. The predicted molar refractivity (Wildman–Crippen MR) is 61.2 cm³/mol. The van der Waals surface area contributed by atoms with E-state index in [0.29, 0.717) is 16.5 Å². The van der Waals surface area contributed by atoms with E-state index in [1.54, 1.807) is 6.07 Å². The van der Waals surface area contributed by atoms with Gasteiger partial charge in [0.1, 0.15) is 17.2 Å². The van der Waals surface area contributed by atoms with Gasteiger partial charge in [0.25, 0.3) is 0 Å². The van der Waals surface area contributed by atoms with Gasteiger partial charge in [0.05, 0.1) is 4.47 Å². The maximum atomic E-state index is 13.2. The van der Waals surface area contributed by atoms with Crippen LogP contribution in [0.3, 0.4) is 0 Å². The van der Waals surface area contributed by atoms with Crippen molar-refractivity contribution in [2.24, 2.45) is 5.73 Å². The molecule has 0 saturated heterocycles. The summed E-state index contributed by atoms with van der Waals surface area (Å²) in [5.74, 6) is 0.474. The van der Waals surface area contributed by atoms with Gasteiger partial charge in [-0.2, -0.15) is 0 Å². The van der Waals surface area contributed by atoms with Gasteiger partial charge >= 0.3 is 0 Å². The molecule has 0 amide bonds. The summed E-state index contributed by atoms with van der Waals surface area (Å²) >= 11 is 3.14. The van der Waals surface area contributed by atoms with E-state index in [9.17, 15) is 4.39 Å². The van der Waals surface area contributed by atoms with Gasteiger partial charge in [-0.1, -0.05) is 0 Å². The molecule has 0 radical (unpaired) electrons. The molecule has 0 aliphatic rings. The zero-order valence-corrected chi connectivity index (χ0v) is 9.84. The van der Waals surface area contributed by atoms with Crippen molar-refractivity contribution in [1.82, 2.24) is 0 Å². The first-order chi connectivity index (χ1) is 7.06. The van der Waals surface area contributed by atoms with Crippen LogP contribution in [-0.4, -0.2) is 6.04 Å². The van der Waals surface area contributed by atoms with Crippen molar-refractivity contribution >= 4 is 26.9 Å². The molecule has 15 heavy (non-hydrogen) atoms. The Kier molecular flexibility index (Phi) is 2.80. The number of hydrogen-bond donors (Lipinski definition) is 1. The molecule has 0 saturated carbocycles. The molecule has 1 heterocycles. The van der Waals surface area contributed by atoms with E-state index < -0.39 is 0 Å². The molecule has 1 aromatic carbocycles. The quantitative estimate of drug-likeness (QED) is 0.911. The number of furan rings is 1. The summed E-state index contributed by atoms with van der Waals surface area (Å²) in [6, 6.07) is 5.02. The Labute approximate surface area is 95.4 Å². The molecule has 0 bridgehead atoms. The third kappa shape index (κ3) is 2.21. The summed E-state index contributed by atoms with van der Waals surface area (Å²) in [7, 11) is 0. The molecule has 2 aromatic rings. The van der Waals surface area contributed by atoms with Gasteiger partial charge in [-0.15, -0.1) is 0 Å². The first-order valence-corrected chi connectivity index (χ1v) is 5.48. The SMILES string of the molecule is CC(N)Cc1cc2cc(Br)c(F)cc2o1. The third-order valence-corrected chi connectivity index (χ3v) is 2.74. The van der Waals surface area contributed by atoms with Gasteiger partial charge in [0.15, 0.2) is 0 Å². The Hall–Kier alpha value is -0.870. The fourth-order valence-corrected chi connectivity index (χ4v) is 1.87. The lowest BCUT2D eigenvalue weighted by atomic mass is 10.2. The molecule has 1 unspecified atom stereocenters. The Morgan fingerprint density at radius 3 is 2.87 bits per heavy atom. The van der Waals surface area contributed by atoms with Crippen LogP contribution in [0.25, 0.3) is 11.0 Å². The first kappa shape index (κ1) is 10.6. The molecular weight excluding hydrogens is 261 g/mol. The third-order valence-electron chi connectivity index (χ3n) is 2.13. The fraction of sp³-hybridized carbons (Fsp3) is 0.273. The molecule has 0 aliphatic carbocycles.